The van der Waals surface area contributed by atoms with Gasteiger partial charge in [0.2, 0.25) is 0 Å². The van der Waals surface area contributed by atoms with E-state index >= 15 is 0 Å². The van der Waals surface area contributed by atoms with Crippen molar-refractivity contribution in [1.82, 2.24) is 4.98 Å². The molecule has 0 amide bonds. The fourth-order valence-corrected chi connectivity index (χ4v) is 2.50. The van der Waals surface area contributed by atoms with Gasteiger partial charge in [-0.05, 0) is 26.0 Å². The van der Waals surface area contributed by atoms with Crippen LogP contribution in [0, 0.1) is 6.92 Å². The minimum atomic E-state index is -0.585. The lowest BCUT2D eigenvalue weighted by Gasteiger charge is -2.09. The zero-order valence-corrected chi connectivity index (χ0v) is 13.6. The third-order valence-corrected chi connectivity index (χ3v) is 3.75. The van der Waals surface area contributed by atoms with Gasteiger partial charge in [0.05, 0.1) is 17.7 Å². The van der Waals surface area contributed by atoms with Crippen LogP contribution in [-0.4, -0.2) is 23.3 Å². The smallest absolute Gasteiger partial charge is 0.357 e. The van der Waals surface area contributed by atoms with Gasteiger partial charge in [-0.15, -0.1) is 0 Å². The van der Waals surface area contributed by atoms with Crippen LogP contribution in [0.3, 0.4) is 0 Å². The first-order valence-electron chi connectivity index (χ1n) is 7.78. The maximum atomic E-state index is 12.9. The molecule has 0 atom stereocenters. The van der Waals surface area contributed by atoms with E-state index in [1.807, 2.05) is 37.3 Å². The van der Waals surface area contributed by atoms with Crippen molar-refractivity contribution in [2.45, 2.75) is 13.8 Å². The topological polar surface area (TPSA) is 56.3 Å². The van der Waals surface area contributed by atoms with Crippen molar-refractivity contribution in [3.05, 3.63) is 77.0 Å². The molecule has 1 aromatic heterocycles. The van der Waals surface area contributed by atoms with Crippen LogP contribution in [0.1, 0.15) is 38.9 Å². The van der Waals surface area contributed by atoms with Gasteiger partial charge in [-0.2, -0.15) is 0 Å². The van der Waals surface area contributed by atoms with E-state index in [2.05, 4.69) is 4.98 Å². The van der Waals surface area contributed by atoms with E-state index in [0.717, 1.165) is 10.9 Å². The number of pyridine rings is 1. The Morgan fingerprint density at radius 1 is 1.04 bits per heavy atom. The summed E-state index contributed by atoms with van der Waals surface area (Å²) < 4.78 is 5.07. The van der Waals surface area contributed by atoms with Crippen LogP contribution in [0.2, 0.25) is 0 Å². The molecule has 120 valence electrons. The van der Waals surface area contributed by atoms with Gasteiger partial charge in [-0.25, -0.2) is 9.78 Å². The molecule has 0 N–H and O–H groups in total. The number of carbonyl (C=O) groups excluding carboxylic acids is 2. The quantitative estimate of drug-likeness (QED) is 0.540. The molecule has 3 aromatic rings. The molecular weight excluding hydrogens is 302 g/mol. The molecule has 4 heteroatoms. The minimum Gasteiger partial charge on any atom is -0.461 e. The van der Waals surface area contributed by atoms with Crippen LogP contribution in [0.15, 0.2) is 54.6 Å². The van der Waals surface area contributed by atoms with Gasteiger partial charge in [-0.3, -0.25) is 4.79 Å². The van der Waals surface area contributed by atoms with E-state index in [1.54, 1.807) is 31.2 Å². The zero-order valence-electron chi connectivity index (χ0n) is 13.6. The second-order valence-corrected chi connectivity index (χ2v) is 5.49. The number of nitrogens with zero attached hydrogens (tertiary/aromatic N) is 1. The molecule has 0 saturated heterocycles. The van der Waals surface area contributed by atoms with Crippen LogP contribution in [-0.2, 0) is 4.74 Å². The highest BCUT2D eigenvalue weighted by atomic mass is 16.5. The van der Waals surface area contributed by atoms with E-state index in [-0.39, 0.29) is 23.6 Å². The van der Waals surface area contributed by atoms with E-state index in [1.165, 1.54) is 0 Å². The molecule has 0 fully saturated rings. The normalized spacial score (nSPS) is 10.6. The van der Waals surface area contributed by atoms with Crippen LogP contribution >= 0.6 is 0 Å². The number of hydrogen-bond acceptors (Lipinski definition) is 4. The standard InChI is InChI=1S/C20H17NO3/c1-3-24-20(23)18-16(12-15-6-4-5-7-17(15)21-18)19(22)14-10-8-13(2)9-11-14/h4-12H,3H2,1-2H3. The van der Waals surface area contributed by atoms with Crippen LogP contribution in [0.4, 0.5) is 0 Å². The second-order valence-electron chi connectivity index (χ2n) is 5.49. The Morgan fingerprint density at radius 3 is 2.46 bits per heavy atom. The second kappa shape index (κ2) is 6.62. The van der Waals surface area contributed by atoms with Gasteiger partial charge in [0, 0.05) is 10.9 Å². The molecule has 3 rings (SSSR count). The molecule has 24 heavy (non-hydrogen) atoms. The molecule has 0 aliphatic heterocycles. The molecule has 0 aliphatic rings. The SMILES string of the molecule is CCOC(=O)c1nc2ccccc2cc1C(=O)c1ccc(C)cc1. The molecule has 1 heterocycles. The van der Waals surface area contributed by atoms with Crippen molar-refractivity contribution in [2.75, 3.05) is 6.61 Å². The number of aryl methyl sites for hydroxylation is 1. The van der Waals surface area contributed by atoms with Crippen molar-refractivity contribution in [3.63, 3.8) is 0 Å². The number of carbonyl (C=O) groups is 2. The summed E-state index contributed by atoms with van der Waals surface area (Å²) in [5.41, 5.74) is 2.55. The molecular formula is C20H17NO3. The van der Waals surface area contributed by atoms with Gasteiger partial charge < -0.3 is 4.74 Å². The fourth-order valence-electron chi connectivity index (χ4n) is 2.50. The Balaban J connectivity index is 2.16. The maximum Gasteiger partial charge on any atom is 0.357 e. The highest BCUT2D eigenvalue weighted by Gasteiger charge is 2.22. The third kappa shape index (κ3) is 3.04. The first-order valence-corrected chi connectivity index (χ1v) is 7.78. The predicted molar refractivity (Wildman–Crippen MR) is 92.3 cm³/mol. The van der Waals surface area contributed by atoms with Gasteiger partial charge in [0.1, 0.15) is 0 Å². The van der Waals surface area contributed by atoms with Crippen molar-refractivity contribution in [3.8, 4) is 0 Å². The lowest BCUT2D eigenvalue weighted by molar-refractivity contribution is 0.0517. The monoisotopic (exact) mass is 319 g/mol. The minimum absolute atomic E-state index is 0.0566. The first-order chi connectivity index (χ1) is 11.6. The fraction of sp³-hybridized carbons (Fsp3) is 0.150. The third-order valence-electron chi connectivity index (χ3n) is 3.75. The van der Waals surface area contributed by atoms with Crippen LogP contribution in [0.25, 0.3) is 10.9 Å². The van der Waals surface area contributed by atoms with Crippen molar-refractivity contribution >= 4 is 22.7 Å². The molecule has 0 aliphatic carbocycles. The molecule has 4 nitrogen and oxygen atoms in total. The first kappa shape index (κ1) is 15.9. The van der Waals surface area contributed by atoms with Crippen molar-refractivity contribution in [1.29, 1.82) is 0 Å². The highest BCUT2D eigenvalue weighted by molar-refractivity contribution is 6.15. The largest absolute Gasteiger partial charge is 0.461 e. The zero-order chi connectivity index (χ0) is 17.1. The van der Waals surface area contributed by atoms with Gasteiger partial charge >= 0.3 is 5.97 Å². The molecule has 2 aromatic carbocycles. The summed E-state index contributed by atoms with van der Waals surface area (Å²) in [7, 11) is 0. The van der Waals surface area contributed by atoms with Gasteiger partial charge in [-0.1, -0.05) is 48.0 Å². The lowest BCUT2D eigenvalue weighted by atomic mass is 9.99. The van der Waals surface area contributed by atoms with Crippen LogP contribution < -0.4 is 0 Å². The maximum absolute atomic E-state index is 12.9. The number of esters is 1. The summed E-state index contributed by atoms with van der Waals surface area (Å²) in [4.78, 5) is 29.5. The average molecular weight is 319 g/mol. The van der Waals surface area contributed by atoms with E-state index in [9.17, 15) is 9.59 Å². The summed E-state index contributed by atoms with van der Waals surface area (Å²) in [6.45, 7) is 3.90. The Hall–Kier alpha value is -3.01. The number of rotatable bonds is 4. The molecule has 0 radical (unpaired) electrons. The van der Waals surface area contributed by atoms with E-state index in [0.29, 0.717) is 11.1 Å². The summed E-state index contributed by atoms with van der Waals surface area (Å²) in [6.07, 6.45) is 0. The number of hydrogen-bond donors (Lipinski definition) is 0. The number of aromatic nitrogens is 1. The summed E-state index contributed by atoms with van der Waals surface area (Å²) in [5.74, 6) is -0.824. The number of benzene rings is 2. The number of ether oxygens (including phenoxy) is 1. The summed E-state index contributed by atoms with van der Waals surface area (Å²) in [5, 5.41) is 0.806. The Morgan fingerprint density at radius 2 is 1.75 bits per heavy atom. The summed E-state index contributed by atoms with van der Waals surface area (Å²) >= 11 is 0. The molecule has 0 unspecified atom stereocenters. The Bertz CT molecular complexity index is 914. The van der Waals surface area contributed by atoms with Crippen molar-refractivity contribution in [2.24, 2.45) is 0 Å². The molecule has 0 saturated carbocycles. The summed E-state index contributed by atoms with van der Waals surface area (Å²) in [6, 6.07) is 16.3. The number of para-hydroxylation sites is 1. The average Bonchev–Trinajstić information content (AvgIpc) is 2.61. The Labute approximate surface area is 140 Å². The van der Waals surface area contributed by atoms with E-state index in [4.69, 9.17) is 4.74 Å². The number of ketones is 1. The molecule has 0 bridgehead atoms. The Kier molecular flexibility index (Phi) is 4.38. The van der Waals surface area contributed by atoms with Gasteiger partial charge in [0.25, 0.3) is 0 Å². The number of fused-ring (bicyclic) bond motifs is 1. The predicted octanol–water partition coefficient (Wildman–Crippen LogP) is 3.95. The highest BCUT2D eigenvalue weighted by Crippen LogP contribution is 2.21. The van der Waals surface area contributed by atoms with E-state index < -0.39 is 5.97 Å². The molecule has 0 spiro atoms. The lowest BCUT2D eigenvalue weighted by Crippen LogP contribution is -2.15. The van der Waals surface area contributed by atoms with Gasteiger partial charge in [0.15, 0.2) is 11.5 Å². The van der Waals surface area contributed by atoms with Crippen molar-refractivity contribution < 1.29 is 14.3 Å². The van der Waals surface area contributed by atoms with Crippen LogP contribution in [0.5, 0.6) is 0 Å².